The van der Waals surface area contributed by atoms with E-state index in [9.17, 15) is 0 Å². The van der Waals surface area contributed by atoms with Gasteiger partial charge in [0, 0.05) is 22.6 Å². The molecule has 6 nitrogen and oxygen atoms in total. The zero-order valence-electron chi connectivity index (χ0n) is 20.6. The highest BCUT2D eigenvalue weighted by Crippen LogP contribution is 2.34. The Kier molecular flexibility index (Phi) is 7.18. The molecule has 0 unspecified atom stereocenters. The molecule has 5 aromatic carbocycles. The van der Waals surface area contributed by atoms with E-state index in [1.807, 2.05) is 122 Å². The highest BCUT2D eigenvalue weighted by atomic mass is 16.5. The summed E-state index contributed by atoms with van der Waals surface area (Å²) in [5, 5.41) is 19.5. The van der Waals surface area contributed by atoms with Gasteiger partial charge in [0.1, 0.15) is 5.75 Å². The Hall–Kier alpha value is -4.97. The van der Waals surface area contributed by atoms with Gasteiger partial charge in [0.2, 0.25) is 0 Å². The van der Waals surface area contributed by atoms with Gasteiger partial charge >= 0.3 is 0 Å². The molecule has 0 saturated heterocycles. The number of rotatable bonds is 7. The number of aryl methyl sites for hydroxylation is 1. The van der Waals surface area contributed by atoms with Crippen molar-refractivity contribution < 1.29 is 4.74 Å². The molecule has 0 radical (unpaired) electrons. The standard InChI is InChI=1S/C31H25N5O/c1-22-11-13-24(14-12-22)33-34-25-15-17-26(18-16-25)35-36-30-20-19-29(27-8-4-5-9-28(27)30)32-21-23-7-3-6-10-31(23)37-2/h3-21H,1-2H3. The van der Waals surface area contributed by atoms with Gasteiger partial charge in [0.25, 0.3) is 0 Å². The lowest BCUT2D eigenvalue weighted by molar-refractivity contribution is 0.414. The number of hydrogen-bond donors (Lipinski definition) is 0. The van der Waals surface area contributed by atoms with E-state index in [-0.39, 0.29) is 0 Å². The molecule has 5 aromatic rings. The number of azo groups is 2. The molecule has 180 valence electrons. The van der Waals surface area contributed by atoms with Gasteiger partial charge in [0.05, 0.1) is 35.5 Å². The molecule has 0 atom stereocenters. The topological polar surface area (TPSA) is 71.0 Å². The average molecular weight is 484 g/mol. The van der Waals surface area contributed by atoms with Crippen molar-refractivity contribution >= 4 is 45.4 Å². The van der Waals surface area contributed by atoms with E-state index in [4.69, 9.17) is 9.73 Å². The largest absolute Gasteiger partial charge is 0.496 e. The summed E-state index contributed by atoms with van der Waals surface area (Å²) in [5.41, 5.74) is 6.03. The summed E-state index contributed by atoms with van der Waals surface area (Å²) in [6.07, 6.45) is 1.82. The Morgan fingerprint density at radius 3 is 1.70 bits per heavy atom. The van der Waals surface area contributed by atoms with Crippen LogP contribution in [0.1, 0.15) is 11.1 Å². The Labute approximate surface area is 215 Å². The lowest BCUT2D eigenvalue weighted by Crippen LogP contribution is -1.89. The first-order chi connectivity index (χ1) is 18.2. The van der Waals surface area contributed by atoms with Gasteiger partial charge < -0.3 is 4.74 Å². The summed E-state index contributed by atoms with van der Waals surface area (Å²) in [6.45, 7) is 2.04. The van der Waals surface area contributed by atoms with Crippen molar-refractivity contribution in [2.45, 2.75) is 6.92 Å². The van der Waals surface area contributed by atoms with Crippen LogP contribution in [-0.4, -0.2) is 13.3 Å². The normalized spacial score (nSPS) is 11.7. The summed E-state index contributed by atoms with van der Waals surface area (Å²) in [5.74, 6) is 0.781. The second-order valence-electron chi connectivity index (χ2n) is 8.40. The second-order valence-corrected chi connectivity index (χ2v) is 8.40. The highest BCUT2D eigenvalue weighted by Gasteiger charge is 2.05. The quantitative estimate of drug-likeness (QED) is 0.168. The van der Waals surface area contributed by atoms with Crippen molar-refractivity contribution in [3.63, 3.8) is 0 Å². The number of ether oxygens (including phenoxy) is 1. The third kappa shape index (κ3) is 5.82. The summed E-state index contributed by atoms with van der Waals surface area (Å²) >= 11 is 0. The summed E-state index contributed by atoms with van der Waals surface area (Å²) in [6, 6.07) is 35.2. The molecule has 0 amide bonds. The molecule has 0 spiro atoms. The van der Waals surface area contributed by atoms with Crippen LogP contribution in [0.25, 0.3) is 10.8 Å². The SMILES string of the molecule is COc1ccccc1C=Nc1ccc(N=Nc2ccc(N=Nc3ccc(C)cc3)cc2)c2ccccc12. The molecule has 0 bridgehead atoms. The minimum atomic E-state index is 0.733. The van der Waals surface area contributed by atoms with Gasteiger partial charge in [-0.15, -0.1) is 5.11 Å². The van der Waals surface area contributed by atoms with Gasteiger partial charge in [-0.05, 0) is 67.6 Å². The summed E-state index contributed by atoms with van der Waals surface area (Å²) in [4.78, 5) is 4.73. The predicted molar refractivity (Wildman–Crippen MR) is 150 cm³/mol. The lowest BCUT2D eigenvalue weighted by Gasteiger charge is -2.06. The van der Waals surface area contributed by atoms with E-state index in [1.165, 1.54) is 5.56 Å². The molecule has 5 rings (SSSR count). The fraction of sp³-hybridized carbons (Fsp3) is 0.0645. The zero-order chi connectivity index (χ0) is 25.5. The number of fused-ring (bicyclic) bond motifs is 1. The van der Waals surface area contributed by atoms with E-state index in [0.717, 1.165) is 50.5 Å². The van der Waals surface area contributed by atoms with Gasteiger partial charge in [-0.2, -0.15) is 15.3 Å². The Morgan fingerprint density at radius 2 is 1.05 bits per heavy atom. The molecule has 0 fully saturated rings. The molecule has 0 N–H and O–H groups in total. The van der Waals surface area contributed by atoms with Crippen LogP contribution in [0, 0.1) is 6.92 Å². The maximum atomic E-state index is 5.43. The Bertz CT molecular complexity index is 1600. The molecule has 0 heterocycles. The van der Waals surface area contributed by atoms with Crippen LogP contribution >= 0.6 is 0 Å². The van der Waals surface area contributed by atoms with Crippen molar-refractivity contribution in [2.24, 2.45) is 25.4 Å². The third-order valence-electron chi connectivity index (χ3n) is 5.80. The van der Waals surface area contributed by atoms with E-state index in [1.54, 1.807) is 7.11 Å². The highest BCUT2D eigenvalue weighted by molar-refractivity contribution is 6.01. The fourth-order valence-electron chi connectivity index (χ4n) is 3.80. The number of aliphatic imine (C=N–C) groups is 1. The monoisotopic (exact) mass is 483 g/mol. The number of nitrogens with zero attached hydrogens (tertiary/aromatic N) is 5. The van der Waals surface area contributed by atoms with Gasteiger partial charge in [-0.1, -0.05) is 54.1 Å². The molecule has 0 aliphatic heterocycles. The van der Waals surface area contributed by atoms with Gasteiger partial charge in [-0.3, -0.25) is 4.99 Å². The molecule has 0 saturated carbocycles. The Morgan fingerprint density at radius 1 is 0.541 bits per heavy atom. The predicted octanol–water partition coefficient (Wildman–Crippen LogP) is 9.74. The average Bonchev–Trinajstić information content (AvgIpc) is 2.95. The molecular formula is C31H25N5O. The lowest BCUT2D eigenvalue weighted by atomic mass is 10.1. The van der Waals surface area contributed by atoms with Crippen LogP contribution in [0.4, 0.5) is 28.4 Å². The van der Waals surface area contributed by atoms with Crippen molar-refractivity contribution in [1.82, 2.24) is 0 Å². The summed E-state index contributed by atoms with van der Waals surface area (Å²) in [7, 11) is 1.66. The van der Waals surface area contributed by atoms with Crippen molar-refractivity contribution in [1.29, 1.82) is 0 Å². The maximum absolute atomic E-state index is 5.43. The smallest absolute Gasteiger partial charge is 0.127 e. The first kappa shape index (κ1) is 23.8. The van der Waals surface area contributed by atoms with E-state index in [0.29, 0.717) is 0 Å². The van der Waals surface area contributed by atoms with E-state index >= 15 is 0 Å². The molecule has 0 aromatic heterocycles. The van der Waals surface area contributed by atoms with E-state index < -0.39 is 0 Å². The van der Waals surface area contributed by atoms with Crippen molar-refractivity contribution in [3.8, 4) is 5.75 Å². The number of methoxy groups -OCH3 is 1. The van der Waals surface area contributed by atoms with Crippen LogP contribution in [0.15, 0.2) is 135 Å². The zero-order valence-corrected chi connectivity index (χ0v) is 20.6. The Balaban J connectivity index is 1.35. The van der Waals surface area contributed by atoms with Crippen LogP contribution in [0.3, 0.4) is 0 Å². The molecule has 6 heteroatoms. The first-order valence-corrected chi connectivity index (χ1v) is 11.9. The molecule has 0 aliphatic rings. The van der Waals surface area contributed by atoms with Crippen LogP contribution in [-0.2, 0) is 0 Å². The third-order valence-corrected chi connectivity index (χ3v) is 5.80. The first-order valence-electron chi connectivity index (χ1n) is 11.9. The van der Waals surface area contributed by atoms with Gasteiger partial charge in [-0.25, -0.2) is 0 Å². The number of para-hydroxylation sites is 1. The summed E-state index contributed by atoms with van der Waals surface area (Å²) < 4.78 is 5.43. The second kappa shape index (κ2) is 11.2. The minimum Gasteiger partial charge on any atom is -0.496 e. The van der Waals surface area contributed by atoms with Crippen molar-refractivity contribution in [3.05, 3.63) is 120 Å². The molecule has 0 aliphatic carbocycles. The minimum absolute atomic E-state index is 0.733. The number of benzene rings is 5. The van der Waals surface area contributed by atoms with Crippen LogP contribution in [0.5, 0.6) is 5.75 Å². The van der Waals surface area contributed by atoms with Gasteiger partial charge in [0.15, 0.2) is 0 Å². The fourth-order valence-corrected chi connectivity index (χ4v) is 3.80. The molecular weight excluding hydrogens is 458 g/mol. The van der Waals surface area contributed by atoms with Crippen molar-refractivity contribution in [2.75, 3.05) is 7.11 Å². The molecule has 37 heavy (non-hydrogen) atoms. The van der Waals surface area contributed by atoms with Crippen LogP contribution in [0.2, 0.25) is 0 Å². The van der Waals surface area contributed by atoms with E-state index in [2.05, 4.69) is 20.5 Å². The number of hydrogen-bond acceptors (Lipinski definition) is 6. The van der Waals surface area contributed by atoms with Crippen LogP contribution < -0.4 is 4.74 Å². The maximum Gasteiger partial charge on any atom is 0.127 e.